The van der Waals surface area contributed by atoms with Gasteiger partial charge in [0.2, 0.25) is 5.91 Å². The second-order valence-corrected chi connectivity index (χ2v) is 8.30. The molecule has 6 nitrogen and oxygen atoms in total. The van der Waals surface area contributed by atoms with Gasteiger partial charge in [-0.15, -0.1) is 0 Å². The zero-order valence-corrected chi connectivity index (χ0v) is 18.2. The number of aryl methyl sites for hydroxylation is 1. The first kappa shape index (κ1) is 22.3. The van der Waals surface area contributed by atoms with Crippen LogP contribution in [0.2, 0.25) is 0 Å². The van der Waals surface area contributed by atoms with Gasteiger partial charge >= 0.3 is 5.97 Å². The summed E-state index contributed by atoms with van der Waals surface area (Å²) in [5, 5.41) is 0. The molecular formula is C23H29N3O3S. The van der Waals surface area contributed by atoms with Gasteiger partial charge in [-0.25, -0.2) is 0 Å². The van der Waals surface area contributed by atoms with Gasteiger partial charge in [-0.05, 0) is 43.4 Å². The van der Waals surface area contributed by atoms with Crippen LogP contribution in [0.15, 0.2) is 48.8 Å². The summed E-state index contributed by atoms with van der Waals surface area (Å²) < 4.78 is 5.73. The number of benzene rings is 1. The second-order valence-electron chi connectivity index (χ2n) is 7.94. The largest absolute Gasteiger partial charge is 0.460 e. The average Bonchev–Trinajstić information content (AvgIpc) is 2.79. The number of piperidine rings is 1. The van der Waals surface area contributed by atoms with Crippen molar-refractivity contribution in [1.29, 1.82) is 0 Å². The molecule has 1 atom stereocenters. The molecule has 1 aromatic carbocycles. The first-order valence-corrected chi connectivity index (χ1v) is 10.8. The molecule has 1 aromatic heterocycles. The first-order chi connectivity index (χ1) is 14.4. The number of ether oxygens (including phenoxy) is 1. The Bertz CT molecular complexity index is 867. The van der Waals surface area contributed by atoms with E-state index in [-0.39, 0.29) is 18.5 Å². The molecule has 30 heavy (non-hydrogen) atoms. The molecule has 160 valence electrons. The minimum atomic E-state index is -0.670. The fraction of sp³-hybridized carbons (Fsp3) is 0.435. The molecule has 2 heterocycles. The summed E-state index contributed by atoms with van der Waals surface area (Å²) >= 11 is 4.13. The zero-order valence-electron chi connectivity index (χ0n) is 17.3. The molecule has 1 aliphatic heterocycles. The normalized spacial score (nSPS) is 16.7. The Labute approximate surface area is 183 Å². The summed E-state index contributed by atoms with van der Waals surface area (Å²) in [6, 6.07) is 11.2. The number of nitrogens with zero attached hydrogens (tertiary/aromatic N) is 2. The van der Waals surface area contributed by atoms with E-state index in [2.05, 4.69) is 23.7 Å². The monoisotopic (exact) mass is 427 g/mol. The molecule has 0 bridgehead atoms. The highest BCUT2D eigenvalue weighted by Crippen LogP contribution is 2.37. The summed E-state index contributed by atoms with van der Waals surface area (Å²) in [5.74, 6) is -0.0324. The smallest absolute Gasteiger partial charge is 0.312 e. The fourth-order valence-corrected chi connectivity index (χ4v) is 4.04. The lowest BCUT2D eigenvalue weighted by Crippen LogP contribution is -2.52. The molecule has 1 fully saturated rings. The van der Waals surface area contributed by atoms with Gasteiger partial charge in [0.25, 0.3) is 0 Å². The van der Waals surface area contributed by atoms with Crippen LogP contribution >= 0.6 is 12.6 Å². The Kier molecular flexibility index (Phi) is 7.50. The first-order valence-electron chi connectivity index (χ1n) is 10.2. The van der Waals surface area contributed by atoms with Crippen molar-refractivity contribution >= 4 is 24.5 Å². The quantitative estimate of drug-likeness (QED) is 0.524. The maximum absolute atomic E-state index is 13.3. The second kappa shape index (κ2) is 10.1. The number of hydrogen-bond acceptors (Lipinski definition) is 6. The topological polar surface area (TPSA) is 85.5 Å². The number of amides is 1. The van der Waals surface area contributed by atoms with Crippen molar-refractivity contribution in [2.45, 2.75) is 38.8 Å². The minimum Gasteiger partial charge on any atom is -0.460 e. The van der Waals surface area contributed by atoms with Crippen LogP contribution in [0.25, 0.3) is 0 Å². The van der Waals surface area contributed by atoms with Gasteiger partial charge < -0.3 is 15.4 Å². The molecular weight excluding hydrogens is 398 g/mol. The third kappa shape index (κ3) is 5.21. The third-order valence-corrected chi connectivity index (χ3v) is 6.26. The van der Waals surface area contributed by atoms with E-state index in [1.165, 1.54) is 0 Å². The summed E-state index contributed by atoms with van der Waals surface area (Å²) in [4.78, 5) is 31.6. The number of likely N-dealkylation sites (tertiary alicyclic amines) is 1. The molecule has 2 aromatic rings. The van der Waals surface area contributed by atoms with Crippen molar-refractivity contribution in [1.82, 2.24) is 9.88 Å². The number of carbonyl (C=O) groups is 2. The lowest BCUT2D eigenvalue weighted by molar-refractivity contribution is -0.162. The molecule has 0 unspecified atom stereocenters. The van der Waals surface area contributed by atoms with E-state index >= 15 is 0 Å². The van der Waals surface area contributed by atoms with E-state index in [0.29, 0.717) is 38.1 Å². The molecule has 7 heteroatoms. The van der Waals surface area contributed by atoms with Crippen LogP contribution in [0.4, 0.5) is 0 Å². The van der Waals surface area contributed by atoms with Gasteiger partial charge in [0.1, 0.15) is 6.61 Å². The van der Waals surface area contributed by atoms with Crippen molar-refractivity contribution in [2.75, 3.05) is 18.8 Å². The Morgan fingerprint density at radius 1 is 1.23 bits per heavy atom. The average molecular weight is 428 g/mol. The SMILES string of the molecule is Cc1ccccc1CC1(C(=O)OCc2cccnc2)CCN(C(=O)[C@@H](N)CS)CC1. The van der Waals surface area contributed by atoms with Gasteiger partial charge in [0.15, 0.2) is 0 Å². The standard InChI is InChI=1S/C23H29N3O3S/c1-17-5-2-3-7-19(17)13-23(22(28)29-15-18-6-4-10-25-14-18)8-11-26(12-9-23)21(27)20(24)16-30/h2-7,10,14,20,30H,8-9,11-13,15-16,24H2,1H3/t20-/m0/s1. The lowest BCUT2D eigenvalue weighted by atomic mass is 9.73. The number of rotatable bonds is 7. The lowest BCUT2D eigenvalue weighted by Gasteiger charge is -2.41. The number of nitrogens with two attached hydrogens (primary N) is 1. The van der Waals surface area contributed by atoms with Crippen LogP contribution in [-0.4, -0.2) is 46.6 Å². The van der Waals surface area contributed by atoms with E-state index in [9.17, 15) is 9.59 Å². The van der Waals surface area contributed by atoms with E-state index < -0.39 is 11.5 Å². The molecule has 1 amide bonds. The molecule has 1 aliphatic rings. The molecule has 0 aliphatic carbocycles. The number of thiol groups is 1. The van der Waals surface area contributed by atoms with Gasteiger partial charge in [-0.1, -0.05) is 30.3 Å². The number of hydrogen-bond donors (Lipinski definition) is 2. The van der Waals surface area contributed by atoms with Crippen LogP contribution in [0, 0.1) is 12.3 Å². The van der Waals surface area contributed by atoms with E-state index in [1.807, 2.05) is 37.3 Å². The van der Waals surface area contributed by atoms with Gasteiger partial charge in [-0.3, -0.25) is 14.6 Å². The number of pyridine rings is 1. The van der Waals surface area contributed by atoms with Crippen LogP contribution < -0.4 is 5.73 Å². The maximum atomic E-state index is 13.3. The molecule has 2 N–H and O–H groups in total. The van der Waals surface area contributed by atoms with Crippen molar-refractivity contribution in [3.63, 3.8) is 0 Å². The van der Waals surface area contributed by atoms with E-state index in [4.69, 9.17) is 10.5 Å². The van der Waals surface area contributed by atoms with Gasteiger partial charge in [0, 0.05) is 36.8 Å². The minimum absolute atomic E-state index is 0.113. The van der Waals surface area contributed by atoms with E-state index in [0.717, 1.165) is 16.7 Å². The summed E-state index contributed by atoms with van der Waals surface area (Å²) in [7, 11) is 0. The highest BCUT2D eigenvalue weighted by atomic mass is 32.1. The molecule has 0 spiro atoms. The molecule has 1 saturated heterocycles. The number of esters is 1. The van der Waals surface area contributed by atoms with Crippen molar-refractivity contribution in [3.8, 4) is 0 Å². The van der Waals surface area contributed by atoms with Crippen molar-refractivity contribution in [3.05, 3.63) is 65.5 Å². The number of aromatic nitrogens is 1. The molecule has 0 saturated carbocycles. The predicted octanol–water partition coefficient (Wildman–Crippen LogP) is 2.54. The van der Waals surface area contributed by atoms with Crippen LogP contribution in [0.3, 0.4) is 0 Å². The Hall–Kier alpha value is -2.38. The predicted molar refractivity (Wildman–Crippen MR) is 119 cm³/mol. The van der Waals surface area contributed by atoms with Crippen LogP contribution in [-0.2, 0) is 27.4 Å². The van der Waals surface area contributed by atoms with Crippen molar-refractivity contribution in [2.24, 2.45) is 11.1 Å². The van der Waals surface area contributed by atoms with Gasteiger partial charge in [-0.2, -0.15) is 12.6 Å². The fourth-order valence-electron chi connectivity index (χ4n) is 3.88. The van der Waals surface area contributed by atoms with Gasteiger partial charge in [0.05, 0.1) is 11.5 Å². The Morgan fingerprint density at radius 2 is 1.97 bits per heavy atom. The molecule has 3 rings (SSSR count). The van der Waals surface area contributed by atoms with Crippen molar-refractivity contribution < 1.29 is 14.3 Å². The summed E-state index contributed by atoms with van der Waals surface area (Å²) in [6.45, 7) is 3.20. The Balaban J connectivity index is 1.76. The van der Waals surface area contributed by atoms with Crippen LogP contribution in [0.5, 0.6) is 0 Å². The third-order valence-electron chi connectivity index (χ3n) is 5.86. The number of carbonyl (C=O) groups excluding carboxylic acids is 2. The van der Waals surface area contributed by atoms with Crippen LogP contribution in [0.1, 0.15) is 29.5 Å². The summed E-state index contributed by atoms with van der Waals surface area (Å²) in [5.41, 5.74) is 8.32. The highest BCUT2D eigenvalue weighted by molar-refractivity contribution is 7.80. The highest BCUT2D eigenvalue weighted by Gasteiger charge is 2.44. The molecule has 0 radical (unpaired) electrons. The summed E-state index contributed by atoms with van der Waals surface area (Å²) in [6.07, 6.45) is 5.05. The maximum Gasteiger partial charge on any atom is 0.312 e. The van der Waals surface area contributed by atoms with E-state index in [1.54, 1.807) is 17.3 Å². The Morgan fingerprint density at radius 3 is 2.60 bits per heavy atom. The zero-order chi connectivity index (χ0) is 21.6.